The molecule has 2 aromatic carbocycles. The number of carbonyl (C=O) groups excluding carboxylic acids is 3. The first-order valence-corrected chi connectivity index (χ1v) is 13.3. The van der Waals surface area contributed by atoms with Crippen molar-refractivity contribution in [3.8, 4) is 23.0 Å². The number of rotatable bonds is 13. The summed E-state index contributed by atoms with van der Waals surface area (Å²) >= 11 is 0. The summed E-state index contributed by atoms with van der Waals surface area (Å²) < 4.78 is 75.3. The molecule has 2 atom stereocenters. The Labute approximate surface area is 248 Å². The largest absolute Gasteiger partial charge is 0.489 e. The highest BCUT2D eigenvalue weighted by Gasteiger charge is 2.30. The molecule has 4 rings (SSSR count). The van der Waals surface area contributed by atoms with Gasteiger partial charge in [-0.15, -0.1) is 0 Å². The smallest absolute Gasteiger partial charge is 0.405 e. The molecule has 1 heterocycles. The average Bonchev–Trinajstić information content (AvgIpc) is 3.68. The lowest BCUT2D eigenvalue weighted by atomic mass is 10.1. The maximum Gasteiger partial charge on any atom is 0.405 e. The molecule has 0 aliphatic heterocycles. The molecule has 4 amide bonds. The lowest BCUT2D eigenvalue weighted by Crippen LogP contribution is -2.41. The second-order valence-corrected chi connectivity index (χ2v) is 9.76. The molecule has 12 nitrogen and oxygen atoms in total. The molecule has 0 bridgehead atoms. The van der Waals surface area contributed by atoms with Crippen molar-refractivity contribution in [2.45, 2.75) is 38.5 Å². The zero-order chi connectivity index (χ0) is 32.0. The molecule has 44 heavy (non-hydrogen) atoms. The number of aromatic nitrogens is 1. The Kier molecular flexibility index (Phi) is 10.1. The zero-order valence-corrected chi connectivity index (χ0v) is 23.5. The minimum atomic E-state index is -3.11. The van der Waals surface area contributed by atoms with Crippen molar-refractivity contribution in [1.29, 1.82) is 0 Å². The third-order valence-corrected chi connectivity index (χ3v) is 6.45. The Balaban J connectivity index is 1.70. The summed E-state index contributed by atoms with van der Waals surface area (Å²) in [6.07, 6.45) is -0.560. The van der Waals surface area contributed by atoms with E-state index >= 15 is 0 Å². The fourth-order valence-electron chi connectivity index (χ4n) is 4.09. The van der Waals surface area contributed by atoms with Crippen molar-refractivity contribution in [3.05, 3.63) is 65.1 Å². The van der Waals surface area contributed by atoms with Gasteiger partial charge < -0.3 is 40.3 Å². The second kappa shape index (κ2) is 14.0. The van der Waals surface area contributed by atoms with Gasteiger partial charge in [-0.25, -0.2) is 23.4 Å². The van der Waals surface area contributed by atoms with E-state index in [1.54, 1.807) is 0 Å². The third kappa shape index (κ3) is 8.29. The van der Waals surface area contributed by atoms with Gasteiger partial charge in [0.15, 0.2) is 29.1 Å². The highest BCUT2D eigenvalue weighted by Crippen LogP contribution is 2.37. The number of alkyl halides is 2. The molecule has 1 fully saturated rings. The number of benzene rings is 2. The predicted molar refractivity (Wildman–Crippen MR) is 145 cm³/mol. The quantitative estimate of drug-likeness (QED) is 0.201. The Morgan fingerprint density at radius 2 is 1.86 bits per heavy atom. The fourth-order valence-corrected chi connectivity index (χ4v) is 4.09. The number of carbonyl (C=O) groups is 3. The van der Waals surface area contributed by atoms with Crippen LogP contribution in [-0.2, 0) is 4.74 Å². The summed E-state index contributed by atoms with van der Waals surface area (Å²) in [5.74, 6) is -3.23. The van der Waals surface area contributed by atoms with Gasteiger partial charge in [0.25, 0.3) is 5.91 Å². The summed E-state index contributed by atoms with van der Waals surface area (Å²) in [7, 11) is 1.35. The van der Waals surface area contributed by atoms with E-state index in [1.807, 2.05) is 0 Å². The van der Waals surface area contributed by atoms with Crippen LogP contribution in [0.2, 0.25) is 0 Å². The standard InChI is InChI=1S/C28H29F4N5O7/c1-13(42-27(33)39)23-22(24(38)36-19(11-35-28(40)34-2)17-7-6-16(29)10-18(17)30)37-25(44-23)15-5-8-20(43-26(31)32)21(9-15)41-12-14-3-4-14/h5-10,13-14,19,26H,3-4,11-12H2,1-2H3,(H2,33,39)(H,36,38)(H2,34,35,40). The van der Waals surface area contributed by atoms with Crippen molar-refractivity contribution < 1.29 is 50.6 Å². The lowest BCUT2D eigenvalue weighted by molar-refractivity contribution is -0.0515. The number of nitrogens with zero attached hydrogens (tertiary/aromatic N) is 1. The number of nitrogens with two attached hydrogens (primary N) is 1. The molecular formula is C28H29F4N5O7. The van der Waals surface area contributed by atoms with E-state index in [0.29, 0.717) is 6.07 Å². The molecule has 0 spiro atoms. The molecule has 1 aliphatic rings. The molecule has 1 aliphatic carbocycles. The van der Waals surface area contributed by atoms with E-state index in [1.165, 1.54) is 32.2 Å². The topological polar surface area (TPSA) is 167 Å². The van der Waals surface area contributed by atoms with Gasteiger partial charge in [-0.05, 0) is 49.9 Å². The van der Waals surface area contributed by atoms with Crippen LogP contribution in [-0.4, -0.2) is 49.8 Å². The number of hydrogen-bond donors (Lipinski definition) is 4. The fraction of sp³-hybridized carbons (Fsp3) is 0.357. The zero-order valence-electron chi connectivity index (χ0n) is 23.5. The number of oxazole rings is 1. The van der Waals surface area contributed by atoms with E-state index in [4.69, 9.17) is 19.6 Å². The van der Waals surface area contributed by atoms with Crippen LogP contribution in [0.4, 0.5) is 27.2 Å². The molecule has 236 valence electrons. The summed E-state index contributed by atoms with van der Waals surface area (Å²) in [6.45, 7) is -1.83. The first-order valence-electron chi connectivity index (χ1n) is 13.3. The number of urea groups is 1. The summed E-state index contributed by atoms with van der Waals surface area (Å²) in [5, 5.41) is 7.27. The predicted octanol–water partition coefficient (Wildman–Crippen LogP) is 4.57. The summed E-state index contributed by atoms with van der Waals surface area (Å²) in [5.41, 5.74) is 4.77. The Hall–Kier alpha value is -5.02. The highest BCUT2D eigenvalue weighted by atomic mass is 19.3. The van der Waals surface area contributed by atoms with Gasteiger partial charge in [0.2, 0.25) is 5.89 Å². The van der Waals surface area contributed by atoms with E-state index in [2.05, 4.69) is 25.7 Å². The number of nitrogens with one attached hydrogen (secondary N) is 3. The Bertz CT molecular complexity index is 1520. The summed E-state index contributed by atoms with van der Waals surface area (Å²) in [4.78, 5) is 41.1. The van der Waals surface area contributed by atoms with Crippen LogP contribution < -0.4 is 31.2 Å². The number of halogens is 4. The normalized spacial score (nSPS) is 14.0. The van der Waals surface area contributed by atoms with Crippen molar-refractivity contribution in [3.63, 3.8) is 0 Å². The van der Waals surface area contributed by atoms with Gasteiger partial charge in [0.1, 0.15) is 11.6 Å². The van der Waals surface area contributed by atoms with Crippen molar-refractivity contribution >= 4 is 18.0 Å². The molecule has 3 aromatic rings. The van der Waals surface area contributed by atoms with Crippen molar-refractivity contribution in [2.75, 3.05) is 20.2 Å². The highest BCUT2D eigenvalue weighted by molar-refractivity contribution is 5.94. The van der Waals surface area contributed by atoms with Crippen molar-refractivity contribution in [1.82, 2.24) is 20.9 Å². The Morgan fingerprint density at radius 1 is 1.11 bits per heavy atom. The first kappa shape index (κ1) is 31.9. The molecule has 1 saturated carbocycles. The van der Waals surface area contributed by atoms with E-state index in [-0.39, 0.29) is 53.3 Å². The van der Waals surface area contributed by atoms with Gasteiger partial charge in [-0.1, -0.05) is 6.07 Å². The number of amides is 4. The van der Waals surface area contributed by atoms with E-state index in [0.717, 1.165) is 25.0 Å². The van der Waals surface area contributed by atoms with Crippen LogP contribution in [0.5, 0.6) is 11.5 Å². The molecule has 1 aromatic heterocycles. The molecule has 2 unspecified atom stereocenters. The van der Waals surface area contributed by atoms with Crippen LogP contribution >= 0.6 is 0 Å². The van der Waals surface area contributed by atoms with Gasteiger partial charge >= 0.3 is 18.7 Å². The van der Waals surface area contributed by atoms with Gasteiger partial charge in [0.05, 0.1) is 12.6 Å². The molecule has 0 radical (unpaired) electrons. The van der Waals surface area contributed by atoms with Crippen molar-refractivity contribution in [2.24, 2.45) is 11.7 Å². The molecule has 0 saturated heterocycles. The summed E-state index contributed by atoms with van der Waals surface area (Å²) in [6, 6.07) is 4.71. The van der Waals surface area contributed by atoms with E-state index < -0.39 is 54.1 Å². The SMILES string of the molecule is CNC(=O)NCC(NC(=O)c1nc(-c2ccc(OC(F)F)c(OCC3CC3)c2)oc1C(C)OC(N)=O)c1ccc(F)cc1F. The number of ether oxygens (including phenoxy) is 3. The maximum atomic E-state index is 14.7. The van der Waals surface area contributed by atoms with Crippen LogP contribution in [0.3, 0.4) is 0 Å². The van der Waals surface area contributed by atoms with Crippen LogP contribution in [0.1, 0.15) is 53.7 Å². The van der Waals surface area contributed by atoms with Crippen LogP contribution in [0.15, 0.2) is 40.8 Å². The average molecular weight is 624 g/mol. The minimum absolute atomic E-state index is 0.0194. The maximum absolute atomic E-state index is 14.7. The molecule has 16 heteroatoms. The van der Waals surface area contributed by atoms with Crippen LogP contribution in [0.25, 0.3) is 11.5 Å². The molecule has 5 N–H and O–H groups in total. The lowest BCUT2D eigenvalue weighted by Gasteiger charge is -2.20. The number of primary amides is 1. The van der Waals surface area contributed by atoms with E-state index in [9.17, 15) is 31.9 Å². The molecular weight excluding hydrogens is 594 g/mol. The van der Waals surface area contributed by atoms with Gasteiger partial charge in [-0.3, -0.25) is 4.79 Å². The van der Waals surface area contributed by atoms with Crippen LogP contribution in [0, 0.1) is 17.6 Å². The third-order valence-electron chi connectivity index (χ3n) is 6.45. The van der Waals surface area contributed by atoms with Gasteiger partial charge in [0, 0.05) is 30.8 Å². The monoisotopic (exact) mass is 623 g/mol. The first-order chi connectivity index (χ1) is 20.9. The second-order valence-electron chi connectivity index (χ2n) is 9.76. The number of hydrogen-bond acceptors (Lipinski definition) is 8. The minimum Gasteiger partial charge on any atom is -0.489 e. The van der Waals surface area contributed by atoms with Gasteiger partial charge in [-0.2, -0.15) is 8.78 Å². The Morgan fingerprint density at radius 3 is 2.50 bits per heavy atom.